The third kappa shape index (κ3) is 8.68. The van der Waals surface area contributed by atoms with Gasteiger partial charge in [-0.1, -0.05) is 35.9 Å². The van der Waals surface area contributed by atoms with Gasteiger partial charge in [0.2, 0.25) is 5.91 Å². The van der Waals surface area contributed by atoms with Gasteiger partial charge >= 0.3 is 0 Å². The molecular weight excluding hydrogens is 549 g/mol. The second kappa shape index (κ2) is 14.1. The molecule has 3 N–H and O–H groups in total. The first-order valence-corrected chi connectivity index (χ1v) is 14.0. The van der Waals surface area contributed by atoms with E-state index in [-0.39, 0.29) is 24.9 Å². The Morgan fingerprint density at radius 2 is 1.92 bits per heavy atom. The van der Waals surface area contributed by atoms with Gasteiger partial charge in [0.25, 0.3) is 5.91 Å². The van der Waals surface area contributed by atoms with Gasteiger partial charge in [0.1, 0.15) is 29.1 Å². The van der Waals surface area contributed by atoms with E-state index >= 15 is 0 Å². The van der Waals surface area contributed by atoms with Crippen molar-refractivity contribution in [1.82, 2.24) is 14.9 Å². The number of likely N-dealkylation sites (tertiary alicyclic amines) is 1. The Hall–Kier alpha value is -1.20. The number of nitrogens with zero attached hydrogens (tertiary/aromatic N) is 1. The number of nitrogens with one attached hydrogen (secondary N) is 2. The summed E-state index contributed by atoms with van der Waals surface area (Å²) in [6.07, 6.45) is 1.41. The molecule has 2 unspecified atom stereocenters. The average Bonchev–Trinajstić information content (AvgIpc) is 2.85. The molecule has 0 bridgehead atoms. The van der Waals surface area contributed by atoms with Crippen molar-refractivity contribution in [1.29, 1.82) is 0 Å². The van der Waals surface area contributed by atoms with Crippen LogP contribution < -0.4 is 14.8 Å². The lowest BCUT2D eigenvalue weighted by Crippen LogP contribution is -2.50. The topological polar surface area (TPSA) is 114 Å². The first kappa shape index (κ1) is 31.0. The van der Waals surface area contributed by atoms with E-state index in [9.17, 15) is 19.2 Å². The number of aliphatic hydroxyl groups is 1. The van der Waals surface area contributed by atoms with E-state index in [1.165, 1.54) is 0 Å². The van der Waals surface area contributed by atoms with E-state index in [4.69, 9.17) is 39.5 Å². The first-order valence-electron chi connectivity index (χ1n) is 11.6. The number of rotatable bonds is 11. The normalized spacial score (nSPS) is 17.3. The van der Waals surface area contributed by atoms with Crippen molar-refractivity contribution in [3.8, 4) is 5.75 Å². The second-order valence-electron chi connectivity index (χ2n) is 9.50. The van der Waals surface area contributed by atoms with Gasteiger partial charge in [0, 0.05) is 36.1 Å². The smallest absolute Gasteiger partial charge is 0.253 e. The molecule has 1 aliphatic rings. The van der Waals surface area contributed by atoms with Gasteiger partial charge < -0.3 is 24.6 Å². The van der Waals surface area contributed by atoms with Gasteiger partial charge in [-0.2, -0.15) is 0 Å². The van der Waals surface area contributed by atoms with Crippen LogP contribution in [0.5, 0.6) is 5.75 Å². The minimum absolute atomic E-state index is 0.0169. The van der Waals surface area contributed by atoms with Crippen LogP contribution in [-0.4, -0.2) is 69.3 Å². The molecule has 1 fully saturated rings. The summed E-state index contributed by atoms with van der Waals surface area (Å²) in [5.74, 6) is -0.674. The van der Waals surface area contributed by atoms with Crippen LogP contribution >= 0.6 is 34.8 Å². The maximum atomic E-state index is 13.1. The number of benzene rings is 1. The van der Waals surface area contributed by atoms with Crippen molar-refractivity contribution < 1.29 is 24.0 Å². The molecule has 2 amide bonds. The number of hydrogen-bond acceptors (Lipinski definition) is 6. The lowest BCUT2D eigenvalue weighted by Gasteiger charge is -2.38. The van der Waals surface area contributed by atoms with Gasteiger partial charge in [-0.3, -0.25) is 9.59 Å². The summed E-state index contributed by atoms with van der Waals surface area (Å²) in [4.78, 5) is 25.6. The summed E-state index contributed by atoms with van der Waals surface area (Å²) in [6.45, 7) is 10.1. The average molecular weight is 583 g/mol. The van der Waals surface area contributed by atoms with Crippen LogP contribution in [0, 0.1) is 5.92 Å². The molecule has 0 spiro atoms. The van der Waals surface area contributed by atoms with Crippen LogP contribution in [0.4, 0.5) is 0 Å². The molecule has 1 aromatic rings. The molecule has 12 heteroatoms. The van der Waals surface area contributed by atoms with Crippen LogP contribution in [0.1, 0.15) is 45.2 Å². The maximum Gasteiger partial charge on any atom is 0.253 e. The Morgan fingerprint density at radius 3 is 2.47 bits per heavy atom. The molecule has 0 aliphatic carbocycles. The van der Waals surface area contributed by atoms with Crippen molar-refractivity contribution in [3.63, 3.8) is 0 Å². The van der Waals surface area contributed by atoms with E-state index in [0.29, 0.717) is 41.7 Å². The minimum atomic E-state index is -1.40. The van der Waals surface area contributed by atoms with E-state index in [1.54, 1.807) is 23.1 Å². The molecular formula is C24H34Cl3N3O5S. The zero-order valence-corrected chi connectivity index (χ0v) is 23.8. The van der Waals surface area contributed by atoms with E-state index < -0.39 is 40.1 Å². The molecule has 202 valence electrons. The van der Waals surface area contributed by atoms with Gasteiger partial charge in [-0.05, 0) is 45.6 Å². The number of amides is 2. The van der Waals surface area contributed by atoms with Crippen LogP contribution in [0.15, 0.2) is 24.8 Å². The molecule has 1 saturated heterocycles. The van der Waals surface area contributed by atoms with Crippen molar-refractivity contribution in [2.24, 2.45) is 5.92 Å². The third-order valence-corrected chi connectivity index (χ3v) is 8.30. The molecule has 2 rings (SSSR count). The van der Waals surface area contributed by atoms with Crippen LogP contribution in [-0.2, 0) is 21.0 Å². The summed E-state index contributed by atoms with van der Waals surface area (Å²) >= 11 is 16.6. The highest BCUT2D eigenvalue weighted by Crippen LogP contribution is 2.41. The predicted molar refractivity (Wildman–Crippen MR) is 145 cm³/mol. The Kier molecular flexibility index (Phi) is 12.1. The number of hydrogen-bond donors (Lipinski definition) is 3. The SMILES string of the molecule is C=CCOc1cc(Cl)c(Cl)cc1C(N[S@@+]([O-])C(C)(C)C)C1CCN(C(=O)C(O)CNC(=O)CCl)CC1. The quantitative estimate of drug-likeness (QED) is 0.209. The van der Waals surface area contributed by atoms with E-state index in [2.05, 4.69) is 16.6 Å². The number of halogens is 3. The highest BCUT2D eigenvalue weighted by molar-refractivity contribution is 7.90. The van der Waals surface area contributed by atoms with Crippen molar-refractivity contribution >= 4 is 58.0 Å². The largest absolute Gasteiger partial charge is 0.598 e. The van der Waals surface area contributed by atoms with Gasteiger partial charge in [0.05, 0.1) is 22.6 Å². The number of alkyl halides is 1. The first-order chi connectivity index (χ1) is 16.9. The zero-order chi connectivity index (χ0) is 27.0. The van der Waals surface area contributed by atoms with E-state index in [0.717, 1.165) is 5.56 Å². The number of ether oxygens (including phenoxy) is 1. The fourth-order valence-electron chi connectivity index (χ4n) is 3.78. The zero-order valence-electron chi connectivity index (χ0n) is 20.7. The fraction of sp³-hybridized carbons (Fsp3) is 0.583. The minimum Gasteiger partial charge on any atom is -0.598 e. The Bertz CT molecular complexity index is 923. The van der Waals surface area contributed by atoms with Gasteiger partial charge in [-0.25, -0.2) is 0 Å². The molecule has 1 aromatic carbocycles. The van der Waals surface area contributed by atoms with Crippen LogP contribution in [0.3, 0.4) is 0 Å². The molecule has 3 atom stereocenters. The summed E-state index contributed by atoms with van der Waals surface area (Å²) in [5, 5.41) is 13.3. The summed E-state index contributed by atoms with van der Waals surface area (Å²) in [5.41, 5.74) is 0.720. The van der Waals surface area contributed by atoms with Crippen LogP contribution in [0.25, 0.3) is 0 Å². The van der Waals surface area contributed by atoms with Gasteiger partial charge in [-0.15, -0.1) is 16.3 Å². The molecule has 0 saturated carbocycles. The summed E-state index contributed by atoms with van der Waals surface area (Å²) in [7, 11) is 0. The molecule has 0 aromatic heterocycles. The molecule has 36 heavy (non-hydrogen) atoms. The Balaban J connectivity index is 2.24. The number of carbonyl (C=O) groups excluding carboxylic acids is 2. The van der Waals surface area contributed by atoms with Gasteiger partial charge in [0.15, 0.2) is 0 Å². The summed E-state index contributed by atoms with van der Waals surface area (Å²) in [6, 6.07) is 2.97. The Labute approximate surface area is 231 Å². The molecule has 8 nitrogen and oxygen atoms in total. The highest BCUT2D eigenvalue weighted by atomic mass is 35.5. The maximum absolute atomic E-state index is 13.1. The predicted octanol–water partition coefficient (Wildman–Crippen LogP) is 3.61. The fourth-order valence-corrected chi connectivity index (χ4v) is 5.10. The van der Waals surface area contributed by atoms with Crippen molar-refractivity contribution in [3.05, 3.63) is 40.4 Å². The third-order valence-electron chi connectivity index (χ3n) is 5.76. The number of piperidine rings is 1. The molecule has 1 aliphatic heterocycles. The monoisotopic (exact) mass is 581 g/mol. The summed E-state index contributed by atoms with van der Waals surface area (Å²) < 4.78 is 21.7. The van der Waals surface area contributed by atoms with E-state index in [1.807, 2.05) is 20.8 Å². The number of aliphatic hydroxyl groups excluding tert-OH is 1. The molecule has 0 radical (unpaired) electrons. The lowest BCUT2D eigenvalue weighted by atomic mass is 9.85. The lowest BCUT2D eigenvalue weighted by molar-refractivity contribution is -0.141. The second-order valence-corrected chi connectivity index (χ2v) is 12.6. The highest BCUT2D eigenvalue weighted by Gasteiger charge is 2.38. The van der Waals surface area contributed by atoms with Crippen molar-refractivity contribution in [2.75, 3.05) is 32.1 Å². The van der Waals surface area contributed by atoms with Crippen molar-refractivity contribution in [2.45, 2.75) is 50.5 Å². The molecule has 1 heterocycles. The Morgan fingerprint density at radius 1 is 1.31 bits per heavy atom. The number of carbonyl (C=O) groups is 2. The standard InChI is InChI=1S/C24H34Cl3N3O5S/c1-5-10-35-20-12-18(27)17(26)11-16(20)22(29-36(34)24(2,3)4)15-6-8-30(9-7-15)23(33)19(31)14-28-21(32)13-25/h5,11-12,15,19,22,29,31H,1,6-10,13-14H2,2-4H3,(H,28,32)/t19?,22?,36-/m0/s1. The van der Waals surface area contributed by atoms with Crippen LogP contribution in [0.2, 0.25) is 10.0 Å².